The molecule has 0 saturated carbocycles. The van der Waals surface area contributed by atoms with Gasteiger partial charge in [-0.15, -0.1) is 9.32 Å². The largest absolute Gasteiger partial charge is 0.508 e. The molecule has 1 aromatic carbocycles. The van der Waals surface area contributed by atoms with E-state index in [2.05, 4.69) is 15.2 Å². The van der Waals surface area contributed by atoms with Gasteiger partial charge < -0.3 is 5.11 Å². The van der Waals surface area contributed by atoms with Gasteiger partial charge in [0.25, 0.3) is 0 Å². The van der Waals surface area contributed by atoms with Gasteiger partial charge in [0.2, 0.25) is 0 Å². The minimum Gasteiger partial charge on any atom is -0.508 e. The van der Waals surface area contributed by atoms with Crippen molar-refractivity contribution in [3.63, 3.8) is 0 Å². The highest BCUT2D eigenvalue weighted by Gasteiger charge is 1.99. The van der Waals surface area contributed by atoms with Crippen molar-refractivity contribution in [2.24, 2.45) is 5.90 Å². The van der Waals surface area contributed by atoms with Crippen LogP contribution in [0, 0.1) is 6.92 Å². The van der Waals surface area contributed by atoms with Gasteiger partial charge in [0.05, 0.1) is 12.0 Å². The first-order valence-electron chi connectivity index (χ1n) is 3.23. The molecule has 12 heavy (non-hydrogen) atoms. The number of aryl methyl sites for hydroxylation is 1. The summed E-state index contributed by atoms with van der Waals surface area (Å²) in [6, 6.07) is 5.04. The lowest BCUT2D eigenvalue weighted by molar-refractivity contribution is -0.195. The molecule has 0 heterocycles. The third kappa shape index (κ3) is 2.38. The standard InChI is InChI=1S/C7H9NO3S/c1-5-4-6(12-11-10-8)2-3-7(5)9/h2-4,9H,8H2,1H3. The number of aromatic hydroxyl groups is 1. The number of phenolic OH excluding ortho intramolecular Hbond substituents is 1. The Kier molecular flexibility index (Phi) is 3.36. The summed E-state index contributed by atoms with van der Waals surface area (Å²) in [5, 5.41) is 9.16. The van der Waals surface area contributed by atoms with Gasteiger partial charge in [0.15, 0.2) is 0 Å². The molecule has 0 radical (unpaired) electrons. The summed E-state index contributed by atoms with van der Waals surface area (Å²) in [4.78, 5) is 4.73. The Labute approximate surface area is 74.4 Å². The maximum absolute atomic E-state index is 9.16. The highest BCUT2D eigenvalue weighted by atomic mass is 32.2. The molecular formula is C7H9NO3S. The lowest BCUT2D eigenvalue weighted by Gasteiger charge is -2.01. The van der Waals surface area contributed by atoms with Crippen LogP contribution < -0.4 is 5.90 Å². The molecule has 0 aromatic heterocycles. The molecule has 0 bridgehead atoms. The number of phenols is 1. The van der Waals surface area contributed by atoms with Crippen LogP contribution in [0.2, 0.25) is 0 Å². The molecule has 4 nitrogen and oxygen atoms in total. The van der Waals surface area contributed by atoms with Crippen LogP contribution in [0.4, 0.5) is 0 Å². The maximum atomic E-state index is 9.16. The number of nitrogens with two attached hydrogens (primary N) is 1. The molecule has 0 atom stereocenters. The highest BCUT2D eigenvalue weighted by molar-refractivity contribution is 7.94. The van der Waals surface area contributed by atoms with E-state index in [0.717, 1.165) is 22.5 Å². The molecule has 0 fully saturated rings. The summed E-state index contributed by atoms with van der Waals surface area (Å²) in [5.41, 5.74) is 0.778. The van der Waals surface area contributed by atoms with Crippen LogP contribution in [0.3, 0.4) is 0 Å². The molecular weight excluding hydrogens is 178 g/mol. The van der Waals surface area contributed by atoms with E-state index < -0.39 is 0 Å². The summed E-state index contributed by atoms with van der Waals surface area (Å²) in [6.45, 7) is 1.79. The van der Waals surface area contributed by atoms with Crippen LogP contribution in [0.25, 0.3) is 0 Å². The van der Waals surface area contributed by atoms with Crippen molar-refractivity contribution in [1.29, 1.82) is 0 Å². The summed E-state index contributed by atoms with van der Waals surface area (Å²) >= 11 is 0.985. The number of benzene rings is 1. The van der Waals surface area contributed by atoms with Gasteiger partial charge in [-0.2, -0.15) is 5.90 Å². The molecule has 5 heteroatoms. The zero-order valence-corrected chi connectivity index (χ0v) is 7.30. The molecule has 0 amide bonds. The zero-order chi connectivity index (χ0) is 8.97. The summed E-state index contributed by atoms with van der Waals surface area (Å²) in [6.07, 6.45) is 0. The number of hydrogen-bond donors (Lipinski definition) is 2. The Morgan fingerprint density at radius 3 is 2.83 bits per heavy atom. The van der Waals surface area contributed by atoms with Crippen LogP contribution in [0.5, 0.6) is 5.75 Å². The second-order valence-electron chi connectivity index (χ2n) is 2.20. The average molecular weight is 187 g/mol. The van der Waals surface area contributed by atoms with Gasteiger partial charge in [0.1, 0.15) is 5.75 Å². The lowest BCUT2D eigenvalue weighted by Crippen LogP contribution is -1.93. The first-order valence-corrected chi connectivity index (χ1v) is 3.98. The Bertz CT molecular complexity index is 267. The predicted octanol–water partition coefficient (Wildman–Crippen LogP) is 1.53. The molecule has 0 saturated heterocycles. The minimum absolute atomic E-state index is 0.257. The van der Waals surface area contributed by atoms with E-state index >= 15 is 0 Å². The van der Waals surface area contributed by atoms with Crippen molar-refractivity contribution in [2.45, 2.75) is 11.8 Å². The third-order valence-corrected chi connectivity index (χ3v) is 1.93. The zero-order valence-electron chi connectivity index (χ0n) is 6.48. The molecule has 66 valence electrons. The van der Waals surface area contributed by atoms with E-state index in [0.29, 0.717) is 0 Å². The first kappa shape index (κ1) is 9.34. The predicted molar refractivity (Wildman–Crippen MR) is 45.1 cm³/mol. The fourth-order valence-electron chi connectivity index (χ4n) is 0.739. The topological polar surface area (TPSA) is 64.7 Å². The van der Waals surface area contributed by atoms with Crippen molar-refractivity contribution < 1.29 is 14.4 Å². The molecule has 1 rings (SSSR count). The van der Waals surface area contributed by atoms with Crippen molar-refractivity contribution in [3.8, 4) is 5.75 Å². The molecule has 3 N–H and O–H groups in total. The lowest BCUT2D eigenvalue weighted by atomic mass is 10.2. The Morgan fingerprint density at radius 2 is 2.25 bits per heavy atom. The second kappa shape index (κ2) is 4.32. The first-order chi connectivity index (χ1) is 5.74. The monoisotopic (exact) mass is 187 g/mol. The quantitative estimate of drug-likeness (QED) is 0.427. The maximum Gasteiger partial charge on any atom is 0.118 e. The second-order valence-corrected chi connectivity index (χ2v) is 2.97. The van der Waals surface area contributed by atoms with Crippen molar-refractivity contribution in [2.75, 3.05) is 0 Å². The minimum atomic E-state index is 0.257. The fourth-order valence-corrected chi connectivity index (χ4v) is 1.21. The SMILES string of the molecule is Cc1cc(SOON)ccc1O. The van der Waals surface area contributed by atoms with Gasteiger partial charge in [-0.05, 0) is 30.7 Å². The van der Waals surface area contributed by atoms with Crippen LogP contribution in [0.15, 0.2) is 23.1 Å². The van der Waals surface area contributed by atoms with Crippen molar-refractivity contribution in [3.05, 3.63) is 23.8 Å². The van der Waals surface area contributed by atoms with E-state index in [1.165, 1.54) is 0 Å². The summed E-state index contributed by atoms with van der Waals surface area (Å²) < 4.78 is 4.43. The van der Waals surface area contributed by atoms with E-state index in [1.807, 2.05) is 0 Å². The van der Waals surface area contributed by atoms with Crippen LogP contribution in [-0.4, -0.2) is 5.11 Å². The van der Waals surface area contributed by atoms with Crippen LogP contribution in [-0.2, 0) is 9.32 Å². The number of rotatable bonds is 3. The van der Waals surface area contributed by atoms with Crippen LogP contribution in [0.1, 0.15) is 5.56 Å². The molecule has 1 aromatic rings. The average Bonchev–Trinajstić information content (AvgIpc) is 2.07. The molecule has 0 aliphatic rings. The van der Waals surface area contributed by atoms with Crippen LogP contribution >= 0.6 is 12.0 Å². The van der Waals surface area contributed by atoms with Gasteiger partial charge in [0, 0.05) is 4.90 Å². The van der Waals surface area contributed by atoms with Gasteiger partial charge in [-0.1, -0.05) is 0 Å². The highest BCUT2D eigenvalue weighted by Crippen LogP contribution is 2.24. The fraction of sp³-hybridized carbons (Fsp3) is 0.143. The van der Waals surface area contributed by atoms with E-state index in [4.69, 9.17) is 5.11 Å². The van der Waals surface area contributed by atoms with E-state index in [1.54, 1.807) is 25.1 Å². The summed E-state index contributed by atoms with van der Waals surface area (Å²) in [5.74, 6) is 4.91. The molecule has 0 aliphatic carbocycles. The molecule has 0 unspecified atom stereocenters. The van der Waals surface area contributed by atoms with E-state index in [9.17, 15) is 0 Å². The number of hydrogen-bond acceptors (Lipinski definition) is 5. The Hall–Kier alpha value is -0.750. The Balaban J connectivity index is 2.69. The van der Waals surface area contributed by atoms with Gasteiger partial charge in [-0.3, -0.25) is 0 Å². The molecule has 0 aliphatic heterocycles. The van der Waals surface area contributed by atoms with Crippen molar-refractivity contribution >= 4 is 12.0 Å². The smallest absolute Gasteiger partial charge is 0.118 e. The normalized spacial score (nSPS) is 10.2. The third-order valence-electron chi connectivity index (χ3n) is 1.34. The van der Waals surface area contributed by atoms with E-state index in [-0.39, 0.29) is 5.75 Å². The van der Waals surface area contributed by atoms with Gasteiger partial charge >= 0.3 is 0 Å². The Morgan fingerprint density at radius 1 is 1.50 bits per heavy atom. The van der Waals surface area contributed by atoms with Gasteiger partial charge in [-0.25, -0.2) is 0 Å². The van der Waals surface area contributed by atoms with Crippen molar-refractivity contribution in [1.82, 2.24) is 0 Å². The summed E-state index contributed by atoms with van der Waals surface area (Å²) in [7, 11) is 0. The molecule has 0 spiro atoms.